The Balaban J connectivity index is 1.49. The number of anilines is 1. The minimum Gasteiger partial charge on any atom is -0.452 e. The van der Waals surface area contributed by atoms with Crippen LogP contribution < -0.4 is 5.32 Å². The summed E-state index contributed by atoms with van der Waals surface area (Å²) in [5, 5.41) is 6.81. The predicted molar refractivity (Wildman–Crippen MR) is 81.1 cm³/mol. The van der Waals surface area contributed by atoms with E-state index in [1.807, 2.05) is 6.92 Å². The molecule has 118 valence electrons. The van der Waals surface area contributed by atoms with Gasteiger partial charge < -0.3 is 10.1 Å². The van der Waals surface area contributed by atoms with E-state index in [9.17, 15) is 9.59 Å². The number of aryl methyl sites for hydroxylation is 2. The Morgan fingerprint density at radius 3 is 2.50 bits per heavy atom. The Kier molecular flexibility index (Phi) is 4.00. The second-order valence-electron chi connectivity index (χ2n) is 6.14. The van der Waals surface area contributed by atoms with Gasteiger partial charge in [-0.05, 0) is 44.4 Å². The monoisotopic (exact) mass is 303 g/mol. The Morgan fingerprint density at radius 2 is 2.00 bits per heavy atom. The van der Waals surface area contributed by atoms with Crippen molar-refractivity contribution in [2.24, 2.45) is 18.9 Å². The number of carbonyl (C=O) groups is 2. The van der Waals surface area contributed by atoms with Crippen molar-refractivity contribution in [3.8, 4) is 0 Å². The first kappa shape index (κ1) is 14.8. The maximum atomic E-state index is 11.8. The number of amides is 1. The molecule has 1 amide bonds. The molecule has 6 heteroatoms. The van der Waals surface area contributed by atoms with E-state index in [1.54, 1.807) is 23.9 Å². The van der Waals surface area contributed by atoms with Crippen LogP contribution in [-0.4, -0.2) is 28.3 Å². The molecule has 1 N–H and O–H groups in total. The van der Waals surface area contributed by atoms with Crippen molar-refractivity contribution >= 4 is 17.7 Å². The zero-order chi connectivity index (χ0) is 15.7. The van der Waals surface area contributed by atoms with Gasteiger partial charge in [0.05, 0.1) is 5.69 Å². The third-order valence-corrected chi connectivity index (χ3v) is 4.00. The minimum atomic E-state index is -0.412. The van der Waals surface area contributed by atoms with E-state index < -0.39 is 5.97 Å². The molecule has 0 unspecified atom stereocenters. The number of allylic oxidation sites excluding steroid dienone is 1. The highest BCUT2D eigenvalue weighted by Gasteiger charge is 2.36. The molecule has 0 bridgehead atoms. The number of rotatable bonds is 6. The maximum Gasteiger partial charge on any atom is 0.331 e. The van der Waals surface area contributed by atoms with Gasteiger partial charge in [0.2, 0.25) is 0 Å². The van der Waals surface area contributed by atoms with E-state index in [4.69, 9.17) is 4.74 Å². The van der Waals surface area contributed by atoms with Gasteiger partial charge in [0.1, 0.15) is 5.82 Å². The fourth-order valence-corrected chi connectivity index (χ4v) is 2.62. The van der Waals surface area contributed by atoms with Gasteiger partial charge in [-0.3, -0.25) is 9.48 Å². The first-order chi connectivity index (χ1) is 10.5. The van der Waals surface area contributed by atoms with Gasteiger partial charge in [-0.2, -0.15) is 5.10 Å². The Morgan fingerprint density at radius 1 is 1.36 bits per heavy atom. The van der Waals surface area contributed by atoms with E-state index in [-0.39, 0.29) is 12.5 Å². The lowest BCUT2D eigenvalue weighted by molar-refractivity contribution is -0.142. The summed E-state index contributed by atoms with van der Waals surface area (Å²) in [7, 11) is 1.74. The summed E-state index contributed by atoms with van der Waals surface area (Å²) in [4.78, 5) is 23.7. The van der Waals surface area contributed by atoms with Crippen LogP contribution in [0.4, 0.5) is 5.82 Å². The molecule has 0 aliphatic heterocycles. The van der Waals surface area contributed by atoms with Crippen LogP contribution in [-0.2, 0) is 21.4 Å². The third kappa shape index (κ3) is 3.75. The first-order valence-corrected chi connectivity index (χ1v) is 7.71. The van der Waals surface area contributed by atoms with Crippen LogP contribution in [0, 0.1) is 18.8 Å². The van der Waals surface area contributed by atoms with Crippen molar-refractivity contribution in [2.75, 3.05) is 11.9 Å². The zero-order valence-electron chi connectivity index (χ0n) is 13.0. The Bertz CT molecular complexity index is 611. The number of esters is 1. The lowest BCUT2D eigenvalue weighted by atomic mass is 10.1. The van der Waals surface area contributed by atoms with Crippen molar-refractivity contribution in [3.63, 3.8) is 0 Å². The Labute approximate surface area is 129 Å². The molecule has 22 heavy (non-hydrogen) atoms. The molecule has 0 saturated heterocycles. The molecule has 3 rings (SSSR count). The van der Waals surface area contributed by atoms with Crippen LogP contribution in [0.25, 0.3) is 0 Å². The normalized spacial score (nSPS) is 17.0. The molecular weight excluding hydrogens is 282 g/mol. The zero-order valence-corrected chi connectivity index (χ0v) is 13.0. The summed E-state index contributed by atoms with van der Waals surface area (Å²) < 4.78 is 6.63. The topological polar surface area (TPSA) is 73.2 Å². The predicted octanol–water partition coefficient (Wildman–Crippen LogP) is 1.96. The molecule has 2 aliphatic rings. The molecule has 1 aromatic rings. The highest BCUT2D eigenvalue weighted by Crippen LogP contribution is 2.48. The standard InChI is InChI=1S/C16H21N3O3/c1-10-7-14(19(2)18-10)17-15(20)9-22-16(21)8-13(11-3-4-11)12-5-6-12/h7-8,11-12H,3-6,9H2,1-2H3,(H,17,20). The molecule has 2 aliphatic carbocycles. The molecule has 1 aromatic heterocycles. The average molecular weight is 303 g/mol. The summed E-state index contributed by atoms with van der Waals surface area (Å²) in [5.41, 5.74) is 2.05. The summed E-state index contributed by atoms with van der Waals surface area (Å²) in [6.45, 7) is 1.57. The van der Waals surface area contributed by atoms with Gasteiger partial charge >= 0.3 is 5.97 Å². The van der Waals surface area contributed by atoms with Crippen molar-refractivity contribution in [1.82, 2.24) is 9.78 Å². The number of ether oxygens (including phenoxy) is 1. The lowest BCUT2D eigenvalue weighted by Gasteiger charge is -2.06. The summed E-state index contributed by atoms with van der Waals surface area (Å²) in [5.74, 6) is 0.970. The van der Waals surface area contributed by atoms with Gasteiger partial charge in [-0.25, -0.2) is 4.79 Å². The van der Waals surface area contributed by atoms with Crippen LogP contribution in [0.3, 0.4) is 0 Å². The van der Waals surface area contributed by atoms with Crippen LogP contribution in [0.2, 0.25) is 0 Å². The van der Waals surface area contributed by atoms with Gasteiger partial charge in [0.15, 0.2) is 6.61 Å². The SMILES string of the molecule is Cc1cc(NC(=O)COC(=O)C=C(C2CC2)C2CC2)n(C)n1. The first-order valence-electron chi connectivity index (χ1n) is 7.71. The smallest absolute Gasteiger partial charge is 0.331 e. The molecule has 0 aromatic carbocycles. The van der Waals surface area contributed by atoms with Crippen molar-refractivity contribution in [3.05, 3.63) is 23.4 Å². The molecule has 0 atom stereocenters. The summed E-state index contributed by atoms with van der Waals surface area (Å²) in [6.07, 6.45) is 6.31. The van der Waals surface area contributed by atoms with Crippen LogP contribution in [0.5, 0.6) is 0 Å². The van der Waals surface area contributed by atoms with E-state index in [2.05, 4.69) is 10.4 Å². The number of hydrogen-bond acceptors (Lipinski definition) is 4. The summed E-state index contributed by atoms with van der Waals surface area (Å²) >= 11 is 0. The van der Waals surface area contributed by atoms with Crippen molar-refractivity contribution < 1.29 is 14.3 Å². The molecule has 2 fully saturated rings. The second-order valence-corrected chi connectivity index (χ2v) is 6.14. The highest BCUT2D eigenvalue weighted by molar-refractivity contribution is 5.93. The number of nitrogens with one attached hydrogen (secondary N) is 1. The van der Waals surface area contributed by atoms with Gasteiger partial charge in [0, 0.05) is 19.2 Å². The number of carbonyl (C=O) groups excluding carboxylic acids is 2. The highest BCUT2D eigenvalue weighted by atomic mass is 16.5. The van der Waals surface area contributed by atoms with Crippen LogP contribution >= 0.6 is 0 Å². The molecular formula is C16H21N3O3. The fourth-order valence-electron chi connectivity index (χ4n) is 2.62. The fraction of sp³-hybridized carbons (Fsp3) is 0.562. The second kappa shape index (κ2) is 5.94. The van der Waals surface area contributed by atoms with E-state index in [0.717, 1.165) is 5.69 Å². The number of hydrogen-bond donors (Lipinski definition) is 1. The number of nitrogens with zero attached hydrogens (tertiary/aromatic N) is 2. The number of aromatic nitrogens is 2. The van der Waals surface area contributed by atoms with Gasteiger partial charge in [-0.1, -0.05) is 5.57 Å². The van der Waals surface area contributed by atoms with Crippen molar-refractivity contribution in [1.29, 1.82) is 0 Å². The van der Waals surface area contributed by atoms with E-state index in [0.29, 0.717) is 17.7 Å². The van der Waals surface area contributed by atoms with Crippen molar-refractivity contribution in [2.45, 2.75) is 32.6 Å². The quantitative estimate of drug-likeness (QED) is 0.644. The van der Waals surface area contributed by atoms with Gasteiger partial charge in [0.25, 0.3) is 5.91 Å². The lowest BCUT2D eigenvalue weighted by Crippen LogP contribution is -2.21. The average Bonchev–Trinajstić information content (AvgIpc) is 3.35. The molecule has 1 heterocycles. The summed E-state index contributed by atoms with van der Waals surface area (Å²) in [6, 6.07) is 1.76. The molecule has 2 saturated carbocycles. The van der Waals surface area contributed by atoms with Gasteiger partial charge in [-0.15, -0.1) is 0 Å². The van der Waals surface area contributed by atoms with E-state index in [1.165, 1.54) is 31.3 Å². The largest absolute Gasteiger partial charge is 0.452 e. The van der Waals surface area contributed by atoms with Crippen LogP contribution in [0.1, 0.15) is 31.4 Å². The molecule has 0 radical (unpaired) electrons. The molecule has 6 nitrogen and oxygen atoms in total. The maximum absolute atomic E-state index is 11.8. The minimum absolute atomic E-state index is 0.276. The van der Waals surface area contributed by atoms with E-state index >= 15 is 0 Å². The van der Waals surface area contributed by atoms with Crippen LogP contribution in [0.15, 0.2) is 17.7 Å². The Hall–Kier alpha value is -2.11. The third-order valence-electron chi connectivity index (χ3n) is 4.00. The molecule has 0 spiro atoms.